The number of ether oxygens (including phenoxy) is 1. The number of amides is 1. The highest BCUT2D eigenvalue weighted by atomic mass is 16.5. The summed E-state index contributed by atoms with van der Waals surface area (Å²) in [6.07, 6.45) is 0.507. The second-order valence-electron chi connectivity index (χ2n) is 5.58. The Balaban J connectivity index is 2.02. The van der Waals surface area contributed by atoms with Gasteiger partial charge in [-0.05, 0) is 48.7 Å². The summed E-state index contributed by atoms with van der Waals surface area (Å²) in [5.41, 5.74) is 2.45. The number of carbonyl (C=O) groups is 2. The van der Waals surface area contributed by atoms with Crippen LogP contribution in [-0.4, -0.2) is 24.1 Å². The van der Waals surface area contributed by atoms with E-state index in [1.54, 1.807) is 13.2 Å². The van der Waals surface area contributed by atoms with Crippen LogP contribution in [0.25, 0.3) is 0 Å². The summed E-state index contributed by atoms with van der Waals surface area (Å²) in [6.45, 7) is 1.84. The van der Waals surface area contributed by atoms with Crippen LogP contribution in [0.4, 0.5) is 5.69 Å². The van der Waals surface area contributed by atoms with Crippen LogP contribution in [0.15, 0.2) is 48.5 Å². The molecule has 0 saturated heterocycles. The second-order valence-corrected chi connectivity index (χ2v) is 5.58. The molecule has 5 nitrogen and oxygen atoms in total. The van der Waals surface area contributed by atoms with Crippen LogP contribution in [-0.2, 0) is 16.0 Å². The Bertz CT molecular complexity index is 710. The molecule has 2 aromatic rings. The van der Waals surface area contributed by atoms with Gasteiger partial charge in [0.25, 0.3) is 0 Å². The molecule has 5 heteroatoms. The molecule has 1 atom stereocenters. The number of aliphatic carboxylic acids is 1. The zero-order valence-corrected chi connectivity index (χ0v) is 13.8. The molecule has 0 fully saturated rings. The fraction of sp³-hybridized carbons (Fsp3) is 0.263. The largest absolute Gasteiger partial charge is 0.497 e. The number of hydrogen-bond acceptors (Lipinski definition) is 3. The minimum atomic E-state index is -0.836. The summed E-state index contributed by atoms with van der Waals surface area (Å²) in [6, 6.07) is 14.6. The van der Waals surface area contributed by atoms with E-state index in [-0.39, 0.29) is 18.2 Å². The van der Waals surface area contributed by atoms with Gasteiger partial charge in [0.2, 0.25) is 5.91 Å². The number of hydrogen-bond donors (Lipinski definition) is 2. The predicted octanol–water partition coefficient (Wildman–Crippen LogP) is 3.45. The normalized spacial score (nSPS) is 11.6. The van der Waals surface area contributed by atoms with E-state index in [9.17, 15) is 9.59 Å². The maximum absolute atomic E-state index is 12.4. The van der Waals surface area contributed by atoms with Gasteiger partial charge in [-0.3, -0.25) is 9.59 Å². The molecule has 2 aromatic carbocycles. The van der Waals surface area contributed by atoms with Crippen molar-refractivity contribution in [1.29, 1.82) is 0 Å². The summed E-state index contributed by atoms with van der Waals surface area (Å²) in [4.78, 5) is 23.1. The second kappa shape index (κ2) is 8.15. The molecular weight excluding hydrogens is 306 g/mol. The molecule has 0 spiro atoms. The van der Waals surface area contributed by atoms with Crippen LogP contribution in [0, 0.1) is 0 Å². The van der Waals surface area contributed by atoms with Crippen LogP contribution in [0.5, 0.6) is 5.75 Å². The van der Waals surface area contributed by atoms with E-state index in [1.807, 2.05) is 49.4 Å². The highest BCUT2D eigenvalue weighted by molar-refractivity contribution is 5.95. The summed E-state index contributed by atoms with van der Waals surface area (Å²) >= 11 is 0. The Morgan fingerprint density at radius 3 is 2.50 bits per heavy atom. The molecule has 1 amide bonds. The third-order valence-electron chi connectivity index (χ3n) is 3.83. The van der Waals surface area contributed by atoms with Crippen LogP contribution < -0.4 is 10.1 Å². The zero-order valence-electron chi connectivity index (χ0n) is 13.8. The quantitative estimate of drug-likeness (QED) is 0.816. The Morgan fingerprint density at radius 2 is 1.88 bits per heavy atom. The number of carboxylic acid groups (broad SMARTS) is 1. The average molecular weight is 327 g/mol. The molecule has 0 aliphatic carbocycles. The smallest absolute Gasteiger partial charge is 0.303 e. The van der Waals surface area contributed by atoms with Crippen molar-refractivity contribution in [2.24, 2.45) is 0 Å². The summed E-state index contributed by atoms with van der Waals surface area (Å²) in [7, 11) is 1.60. The Labute approximate surface area is 141 Å². The first kappa shape index (κ1) is 17.5. The number of carbonyl (C=O) groups excluding carboxylic acids is 1. The lowest BCUT2D eigenvalue weighted by atomic mass is 10.00. The number of aryl methyl sites for hydroxylation is 1. The van der Waals surface area contributed by atoms with E-state index >= 15 is 0 Å². The monoisotopic (exact) mass is 327 g/mol. The molecule has 0 aromatic heterocycles. The van der Waals surface area contributed by atoms with Gasteiger partial charge in [-0.2, -0.15) is 0 Å². The summed E-state index contributed by atoms with van der Waals surface area (Å²) in [5.74, 6) is -0.510. The van der Waals surface area contributed by atoms with E-state index < -0.39 is 5.97 Å². The molecule has 1 unspecified atom stereocenters. The van der Waals surface area contributed by atoms with Crippen molar-refractivity contribution in [3.8, 4) is 5.75 Å². The topological polar surface area (TPSA) is 75.6 Å². The van der Waals surface area contributed by atoms with Crippen LogP contribution >= 0.6 is 0 Å². The van der Waals surface area contributed by atoms with Gasteiger partial charge in [0.1, 0.15) is 5.75 Å². The van der Waals surface area contributed by atoms with E-state index in [0.717, 1.165) is 16.9 Å². The molecular formula is C19H21NO4. The number of benzene rings is 2. The van der Waals surface area contributed by atoms with E-state index in [4.69, 9.17) is 9.84 Å². The summed E-state index contributed by atoms with van der Waals surface area (Å²) < 4.78 is 5.12. The SMILES string of the molecule is COc1ccc(C(C)C(=O)Nc2cccc(CCC(=O)O)c2)cc1. The highest BCUT2D eigenvalue weighted by Crippen LogP contribution is 2.21. The van der Waals surface area contributed by atoms with Crippen molar-refractivity contribution in [3.05, 3.63) is 59.7 Å². The third kappa shape index (κ3) is 4.84. The average Bonchev–Trinajstić information content (AvgIpc) is 2.59. The van der Waals surface area contributed by atoms with Crippen LogP contribution in [0.2, 0.25) is 0 Å². The number of nitrogens with one attached hydrogen (secondary N) is 1. The molecule has 2 N–H and O–H groups in total. The predicted molar refractivity (Wildman–Crippen MR) is 92.4 cm³/mol. The Morgan fingerprint density at radius 1 is 1.17 bits per heavy atom. The van der Waals surface area contributed by atoms with Gasteiger partial charge in [0.15, 0.2) is 0 Å². The lowest BCUT2D eigenvalue weighted by Gasteiger charge is -2.13. The molecule has 0 bridgehead atoms. The van der Waals surface area contributed by atoms with Crippen molar-refractivity contribution >= 4 is 17.6 Å². The van der Waals surface area contributed by atoms with E-state index in [1.165, 1.54) is 0 Å². The van der Waals surface area contributed by atoms with Gasteiger partial charge < -0.3 is 15.2 Å². The zero-order chi connectivity index (χ0) is 17.5. The van der Waals surface area contributed by atoms with Gasteiger partial charge in [-0.25, -0.2) is 0 Å². The Hall–Kier alpha value is -2.82. The fourth-order valence-corrected chi connectivity index (χ4v) is 2.35. The van der Waals surface area contributed by atoms with Crippen molar-refractivity contribution in [2.75, 3.05) is 12.4 Å². The van der Waals surface area contributed by atoms with Crippen molar-refractivity contribution in [1.82, 2.24) is 0 Å². The van der Waals surface area contributed by atoms with Gasteiger partial charge in [-0.15, -0.1) is 0 Å². The van der Waals surface area contributed by atoms with E-state index in [0.29, 0.717) is 12.1 Å². The molecule has 2 rings (SSSR count). The Kier molecular flexibility index (Phi) is 5.95. The molecule has 24 heavy (non-hydrogen) atoms. The number of rotatable bonds is 7. The number of anilines is 1. The molecule has 0 heterocycles. The molecule has 0 radical (unpaired) electrons. The highest BCUT2D eigenvalue weighted by Gasteiger charge is 2.15. The summed E-state index contributed by atoms with van der Waals surface area (Å²) in [5, 5.41) is 11.6. The van der Waals surface area contributed by atoms with Crippen molar-refractivity contribution < 1.29 is 19.4 Å². The number of carboxylic acids is 1. The standard InChI is InChI=1S/C19H21NO4/c1-13(15-7-9-17(24-2)10-8-15)19(23)20-16-5-3-4-14(12-16)6-11-18(21)22/h3-5,7-10,12-13H,6,11H2,1-2H3,(H,20,23)(H,21,22). The maximum Gasteiger partial charge on any atom is 0.303 e. The fourth-order valence-electron chi connectivity index (χ4n) is 2.35. The molecule has 0 saturated carbocycles. The van der Waals surface area contributed by atoms with Gasteiger partial charge in [0.05, 0.1) is 13.0 Å². The lowest BCUT2D eigenvalue weighted by Crippen LogP contribution is -2.18. The maximum atomic E-state index is 12.4. The number of methoxy groups -OCH3 is 1. The molecule has 0 aliphatic rings. The van der Waals surface area contributed by atoms with Crippen molar-refractivity contribution in [2.45, 2.75) is 25.7 Å². The first-order valence-electron chi connectivity index (χ1n) is 7.75. The van der Waals surface area contributed by atoms with E-state index in [2.05, 4.69) is 5.32 Å². The van der Waals surface area contributed by atoms with Crippen molar-refractivity contribution in [3.63, 3.8) is 0 Å². The first-order chi connectivity index (χ1) is 11.5. The van der Waals surface area contributed by atoms with Crippen LogP contribution in [0.1, 0.15) is 30.4 Å². The minimum Gasteiger partial charge on any atom is -0.497 e. The molecule has 126 valence electrons. The van der Waals surface area contributed by atoms with Gasteiger partial charge >= 0.3 is 5.97 Å². The lowest BCUT2D eigenvalue weighted by molar-refractivity contribution is -0.137. The van der Waals surface area contributed by atoms with Gasteiger partial charge in [0, 0.05) is 12.1 Å². The molecule has 0 aliphatic heterocycles. The first-order valence-corrected chi connectivity index (χ1v) is 7.75. The van der Waals surface area contributed by atoms with Crippen LogP contribution in [0.3, 0.4) is 0 Å². The minimum absolute atomic E-state index is 0.0691. The van der Waals surface area contributed by atoms with Gasteiger partial charge in [-0.1, -0.05) is 24.3 Å². The third-order valence-corrected chi connectivity index (χ3v) is 3.83.